The van der Waals surface area contributed by atoms with Crippen molar-refractivity contribution in [2.75, 3.05) is 6.54 Å². The minimum atomic E-state index is -0.202. The Hall–Kier alpha value is -1.06. The van der Waals surface area contributed by atoms with Gasteiger partial charge in [-0.15, -0.1) is 12.4 Å². The summed E-state index contributed by atoms with van der Waals surface area (Å²) in [6.45, 7) is 4.09. The van der Waals surface area contributed by atoms with Crippen LogP contribution in [0.25, 0.3) is 0 Å². The number of amides is 1. The Morgan fingerprint density at radius 2 is 1.88 bits per heavy atom. The van der Waals surface area contributed by atoms with Crippen LogP contribution in [0, 0.1) is 0 Å². The molecule has 0 aliphatic rings. The molecule has 1 rings (SSSR count). The number of hydrogen-bond acceptors (Lipinski definition) is 2. The molecule has 0 heterocycles. The van der Waals surface area contributed by atoms with E-state index >= 15 is 0 Å². The maximum Gasteiger partial charge on any atom is 0.234 e. The molecule has 0 radical (unpaired) electrons. The van der Waals surface area contributed by atoms with Crippen LogP contribution in [0.5, 0.6) is 0 Å². The predicted octanol–water partition coefficient (Wildman–Crippen LogP) is 1.89. The van der Waals surface area contributed by atoms with Gasteiger partial charge in [0.15, 0.2) is 0 Å². The van der Waals surface area contributed by atoms with Gasteiger partial charge in [-0.05, 0) is 32.3 Å². The van der Waals surface area contributed by atoms with Crippen LogP contribution < -0.4 is 11.1 Å². The lowest BCUT2D eigenvalue weighted by molar-refractivity contribution is -0.121. The van der Waals surface area contributed by atoms with Gasteiger partial charge in [-0.1, -0.05) is 30.3 Å². The number of rotatable bonds is 5. The first kappa shape index (κ1) is 15.9. The molecule has 0 atom stereocenters. The number of hydrogen-bond donors (Lipinski definition) is 2. The van der Waals surface area contributed by atoms with Gasteiger partial charge in [0.25, 0.3) is 0 Å². The Balaban J connectivity index is 0.00000256. The van der Waals surface area contributed by atoms with Crippen LogP contribution in [0.1, 0.15) is 25.8 Å². The summed E-state index contributed by atoms with van der Waals surface area (Å²) in [5.74, 6) is -0.0990. The number of nitrogens with two attached hydrogens (primary N) is 1. The van der Waals surface area contributed by atoms with Gasteiger partial charge in [-0.25, -0.2) is 0 Å². The third-order valence-corrected chi connectivity index (χ3v) is 2.54. The SMILES string of the molecule is CC(C)(CCc1ccccc1)NC(=O)CN.Cl. The first-order chi connectivity index (χ1) is 7.53. The second-order valence-corrected chi connectivity index (χ2v) is 4.62. The largest absolute Gasteiger partial charge is 0.350 e. The van der Waals surface area contributed by atoms with Crippen molar-refractivity contribution in [2.45, 2.75) is 32.2 Å². The monoisotopic (exact) mass is 256 g/mol. The lowest BCUT2D eigenvalue weighted by atomic mass is 9.95. The Morgan fingerprint density at radius 1 is 1.29 bits per heavy atom. The third-order valence-electron chi connectivity index (χ3n) is 2.54. The molecule has 0 aliphatic heterocycles. The first-order valence-corrected chi connectivity index (χ1v) is 5.58. The molecular weight excluding hydrogens is 236 g/mol. The number of carbonyl (C=O) groups excluding carboxylic acids is 1. The average Bonchev–Trinajstić information content (AvgIpc) is 2.27. The summed E-state index contributed by atoms with van der Waals surface area (Å²) in [5, 5.41) is 2.91. The quantitative estimate of drug-likeness (QED) is 0.845. The summed E-state index contributed by atoms with van der Waals surface area (Å²) >= 11 is 0. The molecule has 3 N–H and O–H groups in total. The van der Waals surface area contributed by atoms with Crippen molar-refractivity contribution in [3.05, 3.63) is 35.9 Å². The zero-order valence-corrected chi connectivity index (χ0v) is 11.2. The second-order valence-electron chi connectivity index (χ2n) is 4.62. The maximum absolute atomic E-state index is 11.2. The second kappa shape index (κ2) is 7.30. The Labute approximate surface area is 109 Å². The molecule has 1 aromatic rings. The fourth-order valence-corrected chi connectivity index (χ4v) is 1.59. The van der Waals surface area contributed by atoms with Crippen LogP contribution >= 0.6 is 12.4 Å². The summed E-state index contributed by atoms with van der Waals surface area (Å²) in [4.78, 5) is 11.2. The lowest BCUT2D eigenvalue weighted by Gasteiger charge is -2.26. The fraction of sp³-hybridized carbons (Fsp3) is 0.462. The predicted molar refractivity (Wildman–Crippen MR) is 73.3 cm³/mol. The van der Waals surface area contributed by atoms with Gasteiger partial charge in [0, 0.05) is 5.54 Å². The molecule has 0 unspecified atom stereocenters. The summed E-state index contributed by atoms with van der Waals surface area (Å²) < 4.78 is 0. The van der Waals surface area contributed by atoms with E-state index in [1.54, 1.807) is 0 Å². The van der Waals surface area contributed by atoms with Gasteiger partial charge in [0.2, 0.25) is 5.91 Å². The summed E-state index contributed by atoms with van der Waals surface area (Å²) in [6, 6.07) is 10.3. The van der Waals surface area contributed by atoms with Gasteiger partial charge in [0.1, 0.15) is 0 Å². The van der Waals surface area contributed by atoms with E-state index in [1.165, 1.54) is 5.56 Å². The molecule has 0 saturated heterocycles. The molecule has 0 fully saturated rings. The number of nitrogens with one attached hydrogen (secondary N) is 1. The molecule has 0 aliphatic carbocycles. The fourth-order valence-electron chi connectivity index (χ4n) is 1.59. The van der Waals surface area contributed by atoms with E-state index < -0.39 is 0 Å². The smallest absolute Gasteiger partial charge is 0.234 e. The Bertz CT molecular complexity index is 339. The zero-order chi connectivity index (χ0) is 12.0. The molecule has 3 nitrogen and oxygen atoms in total. The van der Waals surface area contributed by atoms with Crippen molar-refractivity contribution in [3.63, 3.8) is 0 Å². The van der Waals surface area contributed by atoms with Crippen molar-refractivity contribution in [1.29, 1.82) is 0 Å². The minimum absolute atomic E-state index is 0. The van der Waals surface area contributed by atoms with Gasteiger partial charge >= 0.3 is 0 Å². The third kappa shape index (κ3) is 6.29. The van der Waals surface area contributed by atoms with Crippen LogP contribution in [0.3, 0.4) is 0 Å². The topological polar surface area (TPSA) is 55.1 Å². The van der Waals surface area contributed by atoms with Crippen LogP contribution in [-0.2, 0) is 11.2 Å². The molecule has 96 valence electrons. The van der Waals surface area contributed by atoms with Crippen LogP contribution in [-0.4, -0.2) is 18.0 Å². The van der Waals surface area contributed by atoms with E-state index in [2.05, 4.69) is 17.4 Å². The van der Waals surface area contributed by atoms with Crippen molar-refractivity contribution >= 4 is 18.3 Å². The van der Waals surface area contributed by atoms with E-state index in [1.807, 2.05) is 32.0 Å². The molecule has 17 heavy (non-hydrogen) atoms. The highest BCUT2D eigenvalue weighted by molar-refractivity contribution is 5.85. The Morgan fingerprint density at radius 3 is 2.41 bits per heavy atom. The van der Waals surface area contributed by atoms with Gasteiger partial charge < -0.3 is 11.1 Å². The highest BCUT2D eigenvalue weighted by Crippen LogP contribution is 2.13. The summed E-state index contributed by atoms with van der Waals surface area (Å²) in [7, 11) is 0. The van der Waals surface area contributed by atoms with Crippen LogP contribution in [0.15, 0.2) is 30.3 Å². The average molecular weight is 257 g/mol. The Kier molecular flexibility index (Phi) is 6.85. The van der Waals surface area contributed by atoms with Crippen molar-refractivity contribution < 1.29 is 4.79 Å². The number of carbonyl (C=O) groups is 1. The van der Waals surface area contributed by atoms with Gasteiger partial charge in [0.05, 0.1) is 6.54 Å². The number of benzene rings is 1. The van der Waals surface area contributed by atoms with Crippen LogP contribution in [0.4, 0.5) is 0 Å². The van der Waals surface area contributed by atoms with E-state index in [9.17, 15) is 4.79 Å². The molecule has 0 aromatic heterocycles. The zero-order valence-electron chi connectivity index (χ0n) is 10.4. The molecule has 4 heteroatoms. The van der Waals surface area contributed by atoms with Gasteiger partial charge in [-0.2, -0.15) is 0 Å². The van der Waals surface area contributed by atoms with Gasteiger partial charge in [-0.3, -0.25) is 4.79 Å². The number of halogens is 1. The van der Waals surface area contributed by atoms with E-state index in [-0.39, 0.29) is 30.4 Å². The molecule has 0 saturated carbocycles. The molecule has 0 spiro atoms. The van der Waals surface area contributed by atoms with E-state index in [4.69, 9.17) is 5.73 Å². The normalized spacial score (nSPS) is 10.5. The highest BCUT2D eigenvalue weighted by Gasteiger charge is 2.19. The minimum Gasteiger partial charge on any atom is -0.350 e. The van der Waals surface area contributed by atoms with E-state index in [0.29, 0.717) is 0 Å². The summed E-state index contributed by atoms with van der Waals surface area (Å²) in [5.41, 5.74) is 6.36. The molecule has 1 amide bonds. The molecular formula is C13H21ClN2O. The number of aryl methyl sites for hydroxylation is 1. The maximum atomic E-state index is 11.2. The van der Waals surface area contributed by atoms with Crippen molar-refractivity contribution in [3.8, 4) is 0 Å². The highest BCUT2D eigenvalue weighted by atomic mass is 35.5. The first-order valence-electron chi connectivity index (χ1n) is 5.58. The van der Waals surface area contributed by atoms with E-state index in [0.717, 1.165) is 12.8 Å². The van der Waals surface area contributed by atoms with Crippen molar-refractivity contribution in [1.82, 2.24) is 5.32 Å². The lowest BCUT2D eigenvalue weighted by Crippen LogP contribution is -2.46. The molecule has 1 aromatic carbocycles. The van der Waals surface area contributed by atoms with Crippen molar-refractivity contribution in [2.24, 2.45) is 5.73 Å². The van der Waals surface area contributed by atoms with Crippen LogP contribution in [0.2, 0.25) is 0 Å². The summed E-state index contributed by atoms with van der Waals surface area (Å²) in [6.07, 6.45) is 1.86. The molecule has 0 bridgehead atoms. The standard InChI is InChI=1S/C13H20N2O.ClH/c1-13(2,15-12(16)10-14)9-8-11-6-4-3-5-7-11;/h3-7H,8-10,14H2,1-2H3,(H,15,16);1H.